The van der Waals surface area contributed by atoms with Crippen LogP contribution < -0.4 is 11.1 Å². The number of hydrogen-bond donors (Lipinski definition) is 2. The van der Waals surface area contributed by atoms with Gasteiger partial charge in [0.1, 0.15) is 12.0 Å². The second kappa shape index (κ2) is 4.74. The number of hydrogen-bond acceptors (Lipinski definition) is 4. The number of rotatable bonds is 2. The Hall–Kier alpha value is -2.33. The van der Waals surface area contributed by atoms with Crippen molar-refractivity contribution < 1.29 is 0 Å². The van der Waals surface area contributed by atoms with Crippen LogP contribution in [-0.4, -0.2) is 9.97 Å². The number of fused-ring (bicyclic) bond motifs is 1. The summed E-state index contributed by atoms with van der Waals surface area (Å²) in [4.78, 5) is 7.94. The van der Waals surface area contributed by atoms with E-state index in [1.54, 1.807) is 0 Å². The van der Waals surface area contributed by atoms with E-state index in [1.165, 1.54) is 6.33 Å². The molecule has 1 heterocycles. The fourth-order valence-corrected chi connectivity index (χ4v) is 2.07. The van der Waals surface area contributed by atoms with Gasteiger partial charge in [0.15, 0.2) is 11.0 Å². The molecular formula is C14H11ClN4. The van der Waals surface area contributed by atoms with Crippen LogP contribution in [0.4, 0.5) is 17.2 Å². The standard InChI is InChI=1S/C14H11ClN4/c15-13-12(16)14(18-8-17-13)19-11-7-3-5-9-4-1-2-6-10(9)11/h1-8H,16H2,(H,17,18,19). The van der Waals surface area contributed by atoms with E-state index >= 15 is 0 Å². The Balaban J connectivity index is 2.09. The number of nitrogens with two attached hydrogens (primary N) is 1. The van der Waals surface area contributed by atoms with E-state index in [0.717, 1.165) is 16.5 Å². The van der Waals surface area contributed by atoms with Gasteiger partial charge in [-0.15, -0.1) is 0 Å². The molecule has 0 aliphatic carbocycles. The Morgan fingerprint density at radius 2 is 1.79 bits per heavy atom. The van der Waals surface area contributed by atoms with Gasteiger partial charge in [-0.3, -0.25) is 0 Å². The number of aromatic nitrogens is 2. The van der Waals surface area contributed by atoms with E-state index in [2.05, 4.69) is 27.4 Å². The molecule has 0 aliphatic heterocycles. The highest BCUT2D eigenvalue weighted by atomic mass is 35.5. The van der Waals surface area contributed by atoms with Gasteiger partial charge in [0.2, 0.25) is 0 Å². The number of anilines is 3. The molecule has 0 unspecified atom stereocenters. The lowest BCUT2D eigenvalue weighted by molar-refractivity contribution is 1.17. The zero-order valence-corrected chi connectivity index (χ0v) is 10.7. The summed E-state index contributed by atoms with van der Waals surface area (Å²) in [5.41, 5.74) is 7.13. The summed E-state index contributed by atoms with van der Waals surface area (Å²) in [5.74, 6) is 0.511. The molecule has 2 aromatic carbocycles. The third-order valence-corrected chi connectivity index (χ3v) is 3.18. The van der Waals surface area contributed by atoms with E-state index in [0.29, 0.717) is 11.5 Å². The van der Waals surface area contributed by atoms with Crippen molar-refractivity contribution in [3.05, 3.63) is 53.9 Å². The van der Waals surface area contributed by atoms with Crippen LogP contribution in [0.3, 0.4) is 0 Å². The molecule has 0 atom stereocenters. The Labute approximate surface area is 115 Å². The normalized spacial score (nSPS) is 10.6. The van der Waals surface area contributed by atoms with Crippen LogP contribution in [-0.2, 0) is 0 Å². The van der Waals surface area contributed by atoms with Crippen LogP contribution >= 0.6 is 11.6 Å². The zero-order valence-electron chi connectivity index (χ0n) is 9.97. The summed E-state index contributed by atoms with van der Waals surface area (Å²) >= 11 is 5.88. The monoisotopic (exact) mass is 270 g/mol. The lowest BCUT2D eigenvalue weighted by Crippen LogP contribution is -2.01. The van der Waals surface area contributed by atoms with Gasteiger partial charge >= 0.3 is 0 Å². The molecule has 0 radical (unpaired) electrons. The van der Waals surface area contributed by atoms with Gasteiger partial charge in [-0.1, -0.05) is 48.0 Å². The molecule has 0 saturated heterocycles. The van der Waals surface area contributed by atoms with E-state index in [1.807, 2.05) is 30.3 Å². The van der Waals surface area contributed by atoms with Crippen molar-refractivity contribution in [3.63, 3.8) is 0 Å². The average molecular weight is 271 g/mol. The van der Waals surface area contributed by atoms with Crippen molar-refractivity contribution in [3.8, 4) is 0 Å². The van der Waals surface area contributed by atoms with Gasteiger partial charge in [0, 0.05) is 11.1 Å². The first-order valence-corrected chi connectivity index (χ1v) is 6.14. The van der Waals surface area contributed by atoms with Crippen molar-refractivity contribution in [2.75, 3.05) is 11.1 Å². The lowest BCUT2D eigenvalue weighted by atomic mass is 10.1. The smallest absolute Gasteiger partial charge is 0.158 e. The van der Waals surface area contributed by atoms with Crippen LogP contribution in [0.15, 0.2) is 48.8 Å². The first kappa shape index (κ1) is 11.7. The highest BCUT2D eigenvalue weighted by Crippen LogP contribution is 2.29. The van der Waals surface area contributed by atoms with E-state index < -0.39 is 0 Å². The molecule has 3 rings (SSSR count). The molecule has 3 aromatic rings. The Kier molecular flexibility index (Phi) is 2.93. The van der Waals surface area contributed by atoms with Crippen molar-refractivity contribution >= 4 is 39.6 Å². The number of benzene rings is 2. The van der Waals surface area contributed by atoms with Crippen LogP contribution in [0.1, 0.15) is 0 Å². The maximum Gasteiger partial charge on any atom is 0.158 e. The molecule has 0 spiro atoms. The molecule has 4 nitrogen and oxygen atoms in total. The molecule has 0 saturated carbocycles. The minimum atomic E-state index is 0.248. The van der Waals surface area contributed by atoms with Gasteiger partial charge in [0.25, 0.3) is 0 Å². The maximum absolute atomic E-state index is 5.88. The third kappa shape index (κ3) is 2.18. The van der Waals surface area contributed by atoms with E-state index in [-0.39, 0.29) is 5.15 Å². The molecule has 3 N–H and O–H groups in total. The fraction of sp³-hybridized carbons (Fsp3) is 0. The van der Waals surface area contributed by atoms with Gasteiger partial charge in [-0.2, -0.15) is 0 Å². The number of nitrogens with zero attached hydrogens (tertiary/aromatic N) is 2. The Morgan fingerprint density at radius 1 is 1.00 bits per heavy atom. The van der Waals surface area contributed by atoms with Gasteiger partial charge < -0.3 is 11.1 Å². The molecule has 0 fully saturated rings. The second-order valence-electron chi connectivity index (χ2n) is 4.08. The van der Waals surface area contributed by atoms with Crippen LogP contribution in [0.25, 0.3) is 10.8 Å². The summed E-state index contributed by atoms with van der Waals surface area (Å²) in [6.45, 7) is 0. The molecular weight excluding hydrogens is 260 g/mol. The second-order valence-corrected chi connectivity index (χ2v) is 4.44. The highest BCUT2D eigenvalue weighted by Gasteiger charge is 2.07. The minimum absolute atomic E-state index is 0.248. The maximum atomic E-state index is 5.88. The molecule has 94 valence electrons. The van der Waals surface area contributed by atoms with Crippen molar-refractivity contribution in [2.24, 2.45) is 0 Å². The minimum Gasteiger partial charge on any atom is -0.393 e. The fourth-order valence-electron chi connectivity index (χ4n) is 1.94. The summed E-state index contributed by atoms with van der Waals surface area (Å²) < 4.78 is 0. The van der Waals surface area contributed by atoms with Gasteiger partial charge in [-0.25, -0.2) is 9.97 Å². The summed E-state index contributed by atoms with van der Waals surface area (Å²) in [5, 5.41) is 5.68. The largest absolute Gasteiger partial charge is 0.393 e. The van der Waals surface area contributed by atoms with E-state index in [9.17, 15) is 0 Å². The Morgan fingerprint density at radius 3 is 2.68 bits per heavy atom. The van der Waals surface area contributed by atoms with Crippen LogP contribution in [0.5, 0.6) is 0 Å². The molecule has 0 amide bonds. The third-order valence-electron chi connectivity index (χ3n) is 2.88. The molecule has 0 aliphatic rings. The molecule has 1 aromatic heterocycles. The predicted molar refractivity (Wildman–Crippen MR) is 78.7 cm³/mol. The molecule has 5 heteroatoms. The number of halogens is 1. The SMILES string of the molecule is Nc1c(Cl)ncnc1Nc1cccc2ccccc12. The summed E-state index contributed by atoms with van der Waals surface area (Å²) in [6.07, 6.45) is 1.38. The topological polar surface area (TPSA) is 63.8 Å². The van der Waals surface area contributed by atoms with Crippen LogP contribution in [0, 0.1) is 0 Å². The quantitative estimate of drug-likeness (QED) is 0.698. The average Bonchev–Trinajstić information content (AvgIpc) is 2.44. The van der Waals surface area contributed by atoms with Gasteiger partial charge in [-0.05, 0) is 11.5 Å². The van der Waals surface area contributed by atoms with E-state index in [4.69, 9.17) is 17.3 Å². The molecule has 0 bridgehead atoms. The number of nitrogens with one attached hydrogen (secondary N) is 1. The first-order valence-electron chi connectivity index (χ1n) is 5.76. The molecule has 19 heavy (non-hydrogen) atoms. The van der Waals surface area contributed by atoms with Crippen LogP contribution in [0.2, 0.25) is 5.15 Å². The number of nitrogen functional groups attached to an aromatic ring is 1. The Bertz CT molecular complexity index is 737. The summed E-state index contributed by atoms with van der Waals surface area (Å²) in [7, 11) is 0. The van der Waals surface area contributed by atoms with Gasteiger partial charge in [0.05, 0.1) is 0 Å². The zero-order chi connectivity index (χ0) is 13.2. The van der Waals surface area contributed by atoms with Crippen molar-refractivity contribution in [1.29, 1.82) is 0 Å². The highest BCUT2D eigenvalue weighted by molar-refractivity contribution is 6.32. The lowest BCUT2D eigenvalue weighted by Gasteiger charge is -2.11. The predicted octanol–water partition coefficient (Wildman–Crippen LogP) is 3.61. The first-order chi connectivity index (χ1) is 9.25. The van der Waals surface area contributed by atoms with Crippen molar-refractivity contribution in [1.82, 2.24) is 9.97 Å². The summed E-state index contributed by atoms with van der Waals surface area (Å²) in [6, 6.07) is 14.1. The van der Waals surface area contributed by atoms with Crippen molar-refractivity contribution in [2.45, 2.75) is 0 Å².